The summed E-state index contributed by atoms with van der Waals surface area (Å²) in [7, 11) is 0. The van der Waals surface area contributed by atoms with Crippen molar-refractivity contribution in [1.29, 1.82) is 0 Å². The molecule has 2 fully saturated rings. The standard InChI is InChI=1S/C27H32F5N7O2/c1-38-20(8-12-33-38)25(41)37-24(17-5-9-26(28,29)10-6-17)19-15-39-21(35-19)13-18(14-34-39)23(16-3-2-4-16)36-22(40)7-11-27(30,31)32/h8,12-17,23-24H,2-7,9-11H2,1H3,(H,36,40)(H,37,41)/t23-,24+/m1/s1/i1D3. The van der Waals surface area contributed by atoms with Crippen LogP contribution in [0.5, 0.6) is 0 Å². The fourth-order valence-electron chi connectivity index (χ4n) is 5.50. The summed E-state index contributed by atoms with van der Waals surface area (Å²) < 4.78 is 91.0. The van der Waals surface area contributed by atoms with Gasteiger partial charge in [-0.3, -0.25) is 14.3 Å². The van der Waals surface area contributed by atoms with Gasteiger partial charge in [-0.2, -0.15) is 23.4 Å². The van der Waals surface area contributed by atoms with Gasteiger partial charge >= 0.3 is 6.18 Å². The van der Waals surface area contributed by atoms with Crippen molar-refractivity contribution in [2.45, 2.75) is 82.0 Å². The molecule has 0 saturated heterocycles. The predicted molar refractivity (Wildman–Crippen MR) is 137 cm³/mol. The second kappa shape index (κ2) is 11.4. The lowest BCUT2D eigenvalue weighted by atomic mass is 9.77. The van der Waals surface area contributed by atoms with E-state index >= 15 is 0 Å². The Kier molecular flexibility index (Phi) is 6.97. The van der Waals surface area contributed by atoms with E-state index in [1.807, 2.05) is 0 Å². The Hall–Kier alpha value is -3.58. The maximum Gasteiger partial charge on any atom is 0.389 e. The lowest BCUT2D eigenvalue weighted by Crippen LogP contribution is -2.38. The van der Waals surface area contributed by atoms with Crippen LogP contribution in [-0.2, 0) is 11.8 Å². The van der Waals surface area contributed by atoms with Crippen molar-refractivity contribution in [2.24, 2.45) is 18.8 Å². The topological polar surface area (TPSA) is 106 Å². The molecule has 2 aliphatic carbocycles. The number of hydrogen-bond donors (Lipinski definition) is 2. The molecule has 0 aromatic carbocycles. The number of carbonyl (C=O) groups excluding carboxylic acids is 2. The molecule has 5 rings (SSSR count). The normalized spacial score (nSPS) is 20.9. The first-order chi connectivity index (χ1) is 20.6. The van der Waals surface area contributed by atoms with E-state index in [1.165, 1.54) is 29.2 Å². The van der Waals surface area contributed by atoms with Gasteiger partial charge in [0, 0.05) is 36.5 Å². The van der Waals surface area contributed by atoms with Crippen molar-refractivity contribution in [2.75, 3.05) is 0 Å². The lowest BCUT2D eigenvalue weighted by molar-refractivity contribution is -0.144. The highest BCUT2D eigenvalue weighted by molar-refractivity contribution is 5.92. The Morgan fingerprint density at radius 1 is 1.12 bits per heavy atom. The van der Waals surface area contributed by atoms with Crippen LogP contribution < -0.4 is 10.6 Å². The number of rotatable bonds is 9. The molecule has 0 aliphatic heterocycles. The average molecular weight is 585 g/mol. The molecule has 0 spiro atoms. The zero-order chi connectivity index (χ0) is 31.9. The molecule has 2 atom stereocenters. The molecular weight excluding hydrogens is 549 g/mol. The van der Waals surface area contributed by atoms with E-state index in [0.717, 1.165) is 19.3 Å². The number of carbonyl (C=O) groups is 2. The number of aromatic nitrogens is 5. The van der Waals surface area contributed by atoms with E-state index in [0.29, 0.717) is 21.6 Å². The summed E-state index contributed by atoms with van der Waals surface area (Å²) in [5.41, 5.74) is 0.955. The van der Waals surface area contributed by atoms with Gasteiger partial charge in [0.1, 0.15) is 5.69 Å². The van der Waals surface area contributed by atoms with E-state index in [1.54, 1.807) is 6.07 Å². The Labute approximate surface area is 237 Å². The highest BCUT2D eigenvalue weighted by atomic mass is 19.4. The van der Waals surface area contributed by atoms with Crippen molar-refractivity contribution < 1.29 is 35.7 Å². The van der Waals surface area contributed by atoms with Crippen LogP contribution in [0.25, 0.3) is 5.65 Å². The fourth-order valence-corrected chi connectivity index (χ4v) is 5.50. The van der Waals surface area contributed by atoms with Gasteiger partial charge in [0.2, 0.25) is 11.8 Å². The molecule has 2 N–H and O–H groups in total. The van der Waals surface area contributed by atoms with Crippen molar-refractivity contribution >= 4 is 17.5 Å². The zero-order valence-electron chi connectivity index (χ0n) is 25.0. The first kappa shape index (κ1) is 25.2. The summed E-state index contributed by atoms with van der Waals surface area (Å²) >= 11 is 0. The van der Waals surface area contributed by atoms with Gasteiger partial charge in [-0.1, -0.05) is 6.42 Å². The van der Waals surface area contributed by atoms with E-state index in [9.17, 15) is 31.5 Å². The van der Waals surface area contributed by atoms with E-state index < -0.39 is 61.7 Å². The van der Waals surface area contributed by atoms with Gasteiger partial charge in [-0.05, 0) is 55.2 Å². The third-order valence-corrected chi connectivity index (χ3v) is 8.01. The average Bonchev–Trinajstić information content (AvgIpc) is 3.56. The SMILES string of the molecule is [2H]C([2H])([2H])n1nccc1C(=O)N[C@H](c1cn2ncc([C@H](NC(=O)CCC(F)(F)F)C3CCC3)cc2n1)C1CCC(F)(F)CC1. The molecule has 222 valence electrons. The van der Waals surface area contributed by atoms with Crippen molar-refractivity contribution in [1.82, 2.24) is 35.0 Å². The van der Waals surface area contributed by atoms with E-state index in [-0.39, 0.29) is 37.3 Å². The van der Waals surface area contributed by atoms with Crippen LogP contribution >= 0.6 is 0 Å². The second-order valence-corrected chi connectivity index (χ2v) is 10.9. The molecule has 2 saturated carbocycles. The molecule has 0 unspecified atom stereocenters. The van der Waals surface area contributed by atoms with Gasteiger partial charge in [-0.15, -0.1) is 0 Å². The Balaban J connectivity index is 1.42. The molecule has 2 aliphatic rings. The summed E-state index contributed by atoms with van der Waals surface area (Å²) in [5, 5.41) is 13.6. The molecule has 0 bridgehead atoms. The number of nitrogens with one attached hydrogen (secondary N) is 2. The lowest BCUT2D eigenvalue weighted by Gasteiger charge is -2.34. The first-order valence-electron chi connectivity index (χ1n) is 15.0. The monoisotopic (exact) mass is 584 g/mol. The minimum absolute atomic E-state index is 0.0162. The van der Waals surface area contributed by atoms with Crippen LogP contribution in [0, 0.1) is 11.8 Å². The largest absolute Gasteiger partial charge is 0.389 e. The number of nitrogens with zero attached hydrogens (tertiary/aromatic N) is 5. The van der Waals surface area contributed by atoms with Gasteiger partial charge < -0.3 is 10.6 Å². The summed E-state index contributed by atoms with van der Waals surface area (Å²) in [5.74, 6) is -4.75. The van der Waals surface area contributed by atoms with Crippen LogP contribution in [-0.4, -0.2) is 48.3 Å². The summed E-state index contributed by atoms with van der Waals surface area (Å²) in [6, 6.07) is 1.46. The molecule has 14 heteroatoms. The van der Waals surface area contributed by atoms with Gasteiger partial charge in [0.25, 0.3) is 5.91 Å². The van der Waals surface area contributed by atoms with Crippen LogP contribution in [0.1, 0.15) is 95.7 Å². The zero-order valence-corrected chi connectivity index (χ0v) is 22.0. The second-order valence-electron chi connectivity index (χ2n) is 10.9. The minimum Gasteiger partial charge on any atom is -0.349 e. The van der Waals surface area contributed by atoms with E-state index in [4.69, 9.17) is 4.11 Å². The van der Waals surface area contributed by atoms with Crippen LogP contribution in [0.3, 0.4) is 0 Å². The van der Waals surface area contributed by atoms with Crippen LogP contribution in [0.2, 0.25) is 0 Å². The molecule has 41 heavy (non-hydrogen) atoms. The number of imidazole rings is 1. The molecule has 2 amide bonds. The van der Waals surface area contributed by atoms with Crippen LogP contribution in [0.15, 0.2) is 30.7 Å². The van der Waals surface area contributed by atoms with E-state index in [2.05, 4.69) is 25.8 Å². The predicted octanol–water partition coefficient (Wildman–Crippen LogP) is 5.06. The number of halogens is 5. The van der Waals surface area contributed by atoms with Crippen molar-refractivity contribution in [3.63, 3.8) is 0 Å². The Bertz CT molecular complexity index is 1490. The Morgan fingerprint density at radius 2 is 1.85 bits per heavy atom. The molecule has 9 nitrogen and oxygen atoms in total. The maximum atomic E-state index is 14.0. The van der Waals surface area contributed by atoms with Crippen LogP contribution in [0.4, 0.5) is 22.0 Å². The quantitative estimate of drug-likeness (QED) is 0.342. The van der Waals surface area contributed by atoms with Gasteiger partial charge in [-0.25, -0.2) is 18.3 Å². The first-order valence-corrected chi connectivity index (χ1v) is 13.5. The maximum absolute atomic E-state index is 14.0. The molecule has 3 heterocycles. The molecule has 3 aromatic rings. The summed E-state index contributed by atoms with van der Waals surface area (Å²) in [6.07, 6.45) is -0.301. The number of fused-ring (bicyclic) bond motifs is 1. The van der Waals surface area contributed by atoms with Crippen molar-refractivity contribution in [3.05, 3.63) is 47.7 Å². The highest BCUT2D eigenvalue weighted by Gasteiger charge is 2.40. The highest BCUT2D eigenvalue weighted by Crippen LogP contribution is 2.42. The number of amides is 2. The van der Waals surface area contributed by atoms with Gasteiger partial charge in [0.05, 0.1) is 36.6 Å². The summed E-state index contributed by atoms with van der Waals surface area (Å²) in [4.78, 5) is 30.3. The number of hydrogen-bond acceptors (Lipinski definition) is 5. The Morgan fingerprint density at radius 3 is 2.51 bits per heavy atom. The third-order valence-electron chi connectivity index (χ3n) is 8.01. The number of alkyl halides is 5. The molecular formula is C27H32F5N7O2. The van der Waals surface area contributed by atoms with Crippen molar-refractivity contribution in [3.8, 4) is 0 Å². The van der Waals surface area contributed by atoms with Gasteiger partial charge in [0.15, 0.2) is 5.65 Å². The summed E-state index contributed by atoms with van der Waals surface area (Å²) in [6.45, 7) is -2.72. The molecule has 3 aromatic heterocycles. The third kappa shape index (κ3) is 6.84. The fraction of sp³-hybridized carbons (Fsp3) is 0.593. The molecule has 0 radical (unpaired) electrons. The minimum atomic E-state index is -4.46. The smallest absolute Gasteiger partial charge is 0.349 e. The number of aryl methyl sites for hydroxylation is 1.